The van der Waals surface area contributed by atoms with Crippen LogP contribution in [0.15, 0.2) is 152 Å². The van der Waals surface area contributed by atoms with Crippen LogP contribution in [0, 0.1) is 13.8 Å². The van der Waals surface area contributed by atoms with E-state index < -0.39 is 0 Å². The standard InChI is InChI=1S/2C16H13.C7H8Si.Zr/c2*1-12-10-14-8-5-9-15(16(14)11-12)13-6-3-2-4-7-13;1-8-7-5-3-2-4-6-7;/h2*2-11H,1H3;2-6H,1H3;/q2*-1;;+2. The molecule has 0 saturated carbocycles. The number of fused-ring (bicyclic) bond motifs is 2. The Morgan fingerprint density at radius 3 is 1.22 bits per heavy atom. The van der Waals surface area contributed by atoms with E-state index in [9.17, 15) is 0 Å². The SMILES string of the molecule is C[Si]c1ccccc1.Cc1cc2c(-c3ccccc3)cccc2[cH-]1.Cc1cc2c(-c3ccccc3)cccc2[cH-]1.[Zr+2]. The van der Waals surface area contributed by atoms with Gasteiger partial charge in [-0.05, 0) is 11.1 Å². The van der Waals surface area contributed by atoms with Crippen molar-refractivity contribution in [1.82, 2.24) is 0 Å². The summed E-state index contributed by atoms with van der Waals surface area (Å²) in [5.74, 6) is 0. The van der Waals surface area contributed by atoms with Crippen molar-refractivity contribution in [2.45, 2.75) is 20.4 Å². The molecule has 198 valence electrons. The van der Waals surface area contributed by atoms with Gasteiger partial charge in [-0.15, -0.1) is 69.1 Å². The molecule has 0 N–H and O–H groups in total. The van der Waals surface area contributed by atoms with Crippen LogP contribution in [0.3, 0.4) is 0 Å². The first-order chi connectivity index (χ1) is 19.6. The minimum Gasteiger partial charge on any atom is -0.165 e. The second-order valence-electron chi connectivity index (χ2n) is 10.0. The Balaban J connectivity index is 0.000000148. The van der Waals surface area contributed by atoms with Crippen LogP contribution in [0.25, 0.3) is 43.8 Å². The number of hydrogen-bond acceptors (Lipinski definition) is 0. The zero-order valence-electron chi connectivity index (χ0n) is 23.9. The van der Waals surface area contributed by atoms with Gasteiger partial charge < -0.3 is 0 Å². The second-order valence-corrected chi connectivity index (χ2v) is 11.1. The predicted octanol–water partition coefficient (Wildman–Crippen LogP) is 10.1. The van der Waals surface area contributed by atoms with Crippen molar-refractivity contribution < 1.29 is 26.2 Å². The Labute approximate surface area is 266 Å². The molecule has 0 unspecified atom stereocenters. The molecule has 0 fully saturated rings. The normalized spacial score (nSPS) is 10.2. The molecule has 0 heterocycles. The van der Waals surface area contributed by atoms with Gasteiger partial charge in [-0.2, -0.15) is 12.1 Å². The summed E-state index contributed by atoms with van der Waals surface area (Å²) >= 11 is 0. The first-order valence-electron chi connectivity index (χ1n) is 13.8. The van der Waals surface area contributed by atoms with Crippen molar-refractivity contribution >= 4 is 36.3 Å². The summed E-state index contributed by atoms with van der Waals surface area (Å²) < 4.78 is 0. The van der Waals surface area contributed by atoms with Crippen LogP contribution < -0.4 is 5.19 Å². The molecule has 7 aromatic carbocycles. The molecule has 2 radical (unpaired) electrons. The molecular formula is C39H34SiZr. The third-order valence-corrected chi connectivity index (χ3v) is 7.93. The fourth-order valence-corrected chi connectivity index (χ4v) is 5.64. The van der Waals surface area contributed by atoms with E-state index in [0.717, 1.165) is 9.52 Å². The van der Waals surface area contributed by atoms with E-state index in [0.29, 0.717) is 0 Å². The summed E-state index contributed by atoms with van der Waals surface area (Å²) in [5.41, 5.74) is 7.89. The summed E-state index contributed by atoms with van der Waals surface area (Å²) in [7, 11) is 0.930. The Kier molecular flexibility index (Phi) is 11.0. The molecule has 0 amide bonds. The van der Waals surface area contributed by atoms with Gasteiger partial charge in [-0.25, -0.2) is 0 Å². The summed E-state index contributed by atoms with van der Waals surface area (Å²) in [6.45, 7) is 6.49. The molecule has 2 heteroatoms. The smallest absolute Gasteiger partial charge is 0.165 e. The van der Waals surface area contributed by atoms with E-state index in [1.807, 2.05) is 6.07 Å². The zero-order chi connectivity index (χ0) is 27.7. The maximum Gasteiger partial charge on any atom is 2.00 e. The molecular weight excluding hydrogens is 588 g/mol. The fourth-order valence-electron chi connectivity index (χ4n) is 5.11. The topological polar surface area (TPSA) is 0 Å². The largest absolute Gasteiger partial charge is 2.00 e. The van der Waals surface area contributed by atoms with Crippen molar-refractivity contribution in [3.8, 4) is 22.3 Å². The van der Waals surface area contributed by atoms with Crippen LogP contribution in [0.2, 0.25) is 6.55 Å². The summed E-state index contributed by atoms with van der Waals surface area (Å²) in [5, 5.41) is 6.81. The molecule has 0 aromatic heterocycles. The third kappa shape index (κ3) is 7.79. The number of hydrogen-bond donors (Lipinski definition) is 0. The van der Waals surface area contributed by atoms with Gasteiger partial charge in [0.05, 0.1) is 9.52 Å². The van der Waals surface area contributed by atoms with Crippen molar-refractivity contribution in [2.24, 2.45) is 0 Å². The van der Waals surface area contributed by atoms with Crippen LogP contribution >= 0.6 is 0 Å². The van der Waals surface area contributed by atoms with Gasteiger partial charge in [-0.1, -0.05) is 140 Å². The quantitative estimate of drug-likeness (QED) is 0.136. The molecule has 0 bridgehead atoms. The summed E-state index contributed by atoms with van der Waals surface area (Å²) in [6, 6.07) is 53.6. The predicted molar refractivity (Wildman–Crippen MR) is 177 cm³/mol. The zero-order valence-corrected chi connectivity index (χ0v) is 27.4. The minimum absolute atomic E-state index is 0. The average molecular weight is 622 g/mol. The van der Waals surface area contributed by atoms with Crippen molar-refractivity contribution in [2.75, 3.05) is 0 Å². The molecule has 0 nitrogen and oxygen atoms in total. The van der Waals surface area contributed by atoms with Gasteiger partial charge >= 0.3 is 26.2 Å². The van der Waals surface area contributed by atoms with Gasteiger partial charge in [0.15, 0.2) is 0 Å². The van der Waals surface area contributed by atoms with Gasteiger partial charge in [0.1, 0.15) is 0 Å². The average Bonchev–Trinajstić information content (AvgIpc) is 3.59. The second kappa shape index (κ2) is 14.9. The summed E-state index contributed by atoms with van der Waals surface area (Å²) in [6.07, 6.45) is 0. The van der Waals surface area contributed by atoms with Crippen LogP contribution in [-0.2, 0) is 26.2 Å². The van der Waals surface area contributed by atoms with Crippen molar-refractivity contribution in [3.63, 3.8) is 0 Å². The molecule has 0 aliphatic carbocycles. The van der Waals surface area contributed by atoms with Gasteiger partial charge in [0, 0.05) is 0 Å². The molecule has 7 aromatic rings. The molecule has 0 saturated heterocycles. The van der Waals surface area contributed by atoms with Crippen molar-refractivity contribution in [1.29, 1.82) is 0 Å². The Hall–Kier alpha value is -3.58. The fraction of sp³-hybridized carbons (Fsp3) is 0.0769. The minimum atomic E-state index is 0. The first kappa shape index (κ1) is 30.4. The van der Waals surface area contributed by atoms with Crippen LogP contribution in [0.1, 0.15) is 11.1 Å². The molecule has 0 aliphatic heterocycles. The Morgan fingerprint density at radius 2 is 0.854 bits per heavy atom. The molecule has 41 heavy (non-hydrogen) atoms. The number of aryl methyl sites for hydroxylation is 2. The van der Waals surface area contributed by atoms with E-state index in [-0.39, 0.29) is 26.2 Å². The Morgan fingerprint density at radius 1 is 0.463 bits per heavy atom. The van der Waals surface area contributed by atoms with Gasteiger partial charge in [-0.3, -0.25) is 0 Å². The van der Waals surface area contributed by atoms with E-state index in [2.05, 4.69) is 166 Å². The van der Waals surface area contributed by atoms with E-state index in [1.165, 1.54) is 60.1 Å². The van der Waals surface area contributed by atoms with Gasteiger partial charge in [0.25, 0.3) is 0 Å². The van der Waals surface area contributed by atoms with Crippen LogP contribution in [-0.4, -0.2) is 9.52 Å². The third-order valence-electron chi connectivity index (χ3n) is 7.02. The molecule has 0 atom stereocenters. The van der Waals surface area contributed by atoms with E-state index >= 15 is 0 Å². The van der Waals surface area contributed by atoms with Gasteiger partial charge in [0.2, 0.25) is 0 Å². The first-order valence-corrected chi connectivity index (χ1v) is 15.3. The number of benzene rings is 5. The van der Waals surface area contributed by atoms with E-state index in [1.54, 1.807) is 0 Å². The molecule has 7 rings (SSSR count). The van der Waals surface area contributed by atoms with Crippen LogP contribution in [0.4, 0.5) is 0 Å². The molecule has 0 spiro atoms. The molecule has 0 aliphatic rings. The summed E-state index contributed by atoms with van der Waals surface area (Å²) in [4.78, 5) is 0. The Bertz CT molecular complexity index is 1660. The maximum absolute atomic E-state index is 2.26. The number of rotatable bonds is 3. The monoisotopic (exact) mass is 620 g/mol. The maximum atomic E-state index is 2.26. The van der Waals surface area contributed by atoms with Crippen LogP contribution in [0.5, 0.6) is 0 Å². The van der Waals surface area contributed by atoms with E-state index in [4.69, 9.17) is 0 Å². The van der Waals surface area contributed by atoms with Crippen molar-refractivity contribution in [3.05, 3.63) is 163 Å².